The number of carbonyl (C=O) groups is 1. The van der Waals surface area contributed by atoms with Gasteiger partial charge in [0.05, 0.1) is 6.61 Å². The van der Waals surface area contributed by atoms with Crippen LogP contribution in [0.25, 0.3) is 0 Å². The summed E-state index contributed by atoms with van der Waals surface area (Å²) in [5.41, 5.74) is 0.844. The second kappa shape index (κ2) is 8.70. The number of hydrogen-bond acceptors (Lipinski definition) is 3. The average molecular weight is 264 g/mol. The number of para-hydroxylation sites is 1. The molecule has 1 rings (SSSR count). The van der Waals surface area contributed by atoms with Gasteiger partial charge in [-0.2, -0.15) is 0 Å². The van der Waals surface area contributed by atoms with Gasteiger partial charge in [0.2, 0.25) is 0 Å². The third-order valence-corrected chi connectivity index (χ3v) is 2.78. The summed E-state index contributed by atoms with van der Waals surface area (Å²) in [6.07, 6.45) is 1.77. The predicted octanol–water partition coefficient (Wildman–Crippen LogP) is 3.92. The van der Waals surface area contributed by atoms with Gasteiger partial charge in [0.25, 0.3) is 0 Å². The van der Waals surface area contributed by atoms with Crippen LogP contribution in [-0.4, -0.2) is 19.0 Å². The number of ether oxygens (including phenoxy) is 2. The van der Waals surface area contributed by atoms with Crippen molar-refractivity contribution in [2.24, 2.45) is 0 Å². The Morgan fingerprint density at radius 1 is 1.16 bits per heavy atom. The predicted molar refractivity (Wildman–Crippen MR) is 76.5 cm³/mol. The monoisotopic (exact) mass is 264 g/mol. The van der Waals surface area contributed by atoms with Gasteiger partial charge in [-0.25, -0.2) is 0 Å². The smallest absolute Gasteiger partial charge is 0.166 e. The van der Waals surface area contributed by atoms with E-state index in [0.29, 0.717) is 19.6 Å². The molecule has 1 aromatic rings. The normalized spacial score (nSPS) is 12.2. The SMILES string of the molecule is CCCOC(C(=O)CCC)c1ccccc1OCC. The highest BCUT2D eigenvalue weighted by atomic mass is 16.5. The topological polar surface area (TPSA) is 35.5 Å². The molecule has 0 heterocycles. The first kappa shape index (κ1) is 15.7. The number of Topliss-reactive ketones (excluding diaryl/α,β-unsaturated/α-hetero) is 1. The number of hydrogen-bond donors (Lipinski definition) is 0. The summed E-state index contributed by atoms with van der Waals surface area (Å²) in [6.45, 7) is 7.14. The van der Waals surface area contributed by atoms with Crippen LogP contribution in [0, 0.1) is 0 Å². The summed E-state index contributed by atoms with van der Waals surface area (Å²) in [5, 5.41) is 0. The van der Waals surface area contributed by atoms with E-state index >= 15 is 0 Å². The molecule has 0 saturated carbocycles. The molecule has 3 nitrogen and oxygen atoms in total. The molecular formula is C16H24O3. The second-order valence-electron chi connectivity index (χ2n) is 4.44. The first-order valence-corrected chi connectivity index (χ1v) is 7.10. The van der Waals surface area contributed by atoms with Crippen LogP contribution in [0.1, 0.15) is 51.7 Å². The van der Waals surface area contributed by atoms with Gasteiger partial charge in [0.15, 0.2) is 5.78 Å². The van der Waals surface area contributed by atoms with E-state index in [0.717, 1.165) is 24.2 Å². The Morgan fingerprint density at radius 3 is 2.53 bits per heavy atom. The van der Waals surface area contributed by atoms with Gasteiger partial charge in [-0.3, -0.25) is 4.79 Å². The van der Waals surface area contributed by atoms with Gasteiger partial charge >= 0.3 is 0 Å². The minimum absolute atomic E-state index is 0.128. The molecule has 0 aliphatic rings. The van der Waals surface area contributed by atoms with Crippen molar-refractivity contribution in [3.8, 4) is 5.75 Å². The van der Waals surface area contributed by atoms with E-state index in [1.54, 1.807) is 0 Å². The highest BCUT2D eigenvalue weighted by Gasteiger charge is 2.23. The Kier molecular flexibility index (Phi) is 7.19. The summed E-state index contributed by atoms with van der Waals surface area (Å²) < 4.78 is 11.3. The maximum absolute atomic E-state index is 12.2. The highest BCUT2D eigenvalue weighted by Crippen LogP contribution is 2.29. The molecule has 0 N–H and O–H groups in total. The lowest BCUT2D eigenvalue weighted by Gasteiger charge is -2.19. The number of carbonyl (C=O) groups excluding carboxylic acids is 1. The molecule has 3 heteroatoms. The molecule has 1 aromatic carbocycles. The lowest BCUT2D eigenvalue weighted by Crippen LogP contribution is -2.17. The Hall–Kier alpha value is -1.35. The van der Waals surface area contributed by atoms with E-state index in [9.17, 15) is 4.79 Å². The Bertz CT molecular complexity index is 387. The summed E-state index contributed by atoms with van der Waals surface area (Å²) in [7, 11) is 0. The van der Waals surface area contributed by atoms with Crippen molar-refractivity contribution in [3.63, 3.8) is 0 Å². The number of ketones is 1. The molecule has 0 aliphatic carbocycles. The summed E-state index contributed by atoms with van der Waals surface area (Å²) in [4.78, 5) is 12.2. The minimum Gasteiger partial charge on any atom is -0.493 e. The van der Waals surface area contributed by atoms with E-state index in [4.69, 9.17) is 9.47 Å². The molecule has 0 radical (unpaired) electrons. The van der Waals surface area contributed by atoms with Crippen LogP contribution in [0.15, 0.2) is 24.3 Å². The van der Waals surface area contributed by atoms with Crippen molar-refractivity contribution in [2.45, 2.75) is 46.1 Å². The van der Waals surface area contributed by atoms with E-state index in [1.807, 2.05) is 45.0 Å². The third-order valence-electron chi connectivity index (χ3n) is 2.78. The quantitative estimate of drug-likeness (QED) is 0.678. The zero-order valence-corrected chi connectivity index (χ0v) is 12.1. The fourth-order valence-corrected chi connectivity index (χ4v) is 1.95. The molecule has 1 unspecified atom stereocenters. The lowest BCUT2D eigenvalue weighted by atomic mass is 10.0. The summed E-state index contributed by atoms with van der Waals surface area (Å²) >= 11 is 0. The zero-order valence-electron chi connectivity index (χ0n) is 12.1. The summed E-state index contributed by atoms with van der Waals surface area (Å²) in [6, 6.07) is 7.63. The molecule has 0 saturated heterocycles. The molecule has 19 heavy (non-hydrogen) atoms. The van der Waals surface area contributed by atoms with Gasteiger partial charge in [-0.1, -0.05) is 32.0 Å². The first-order valence-electron chi connectivity index (χ1n) is 7.10. The zero-order chi connectivity index (χ0) is 14.1. The van der Waals surface area contributed by atoms with Gasteiger partial charge in [0.1, 0.15) is 11.9 Å². The van der Waals surface area contributed by atoms with Crippen LogP contribution in [0.2, 0.25) is 0 Å². The van der Waals surface area contributed by atoms with Crippen molar-refractivity contribution >= 4 is 5.78 Å². The summed E-state index contributed by atoms with van der Waals surface area (Å²) in [5.74, 6) is 0.874. The maximum Gasteiger partial charge on any atom is 0.166 e. The van der Waals surface area contributed by atoms with Crippen molar-refractivity contribution < 1.29 is 14.3 Å². The van der Waals surface area contributed by atoms with Crippen molar-refractivity contribution in [2.75, 3.05) is 13.2 Å². The molecule has 0 fully saturated rings. The van der Waals surface area contributed by atoms with E-state index in [-0.39, 0.29) is 5.78 Å². The second-order valence-corrected chi connectivity index (χ2v) is 4.44. The van der Waals surface area contributed by atoms with Crippen LogP contribution in [0.3, 0.4) is 0 Å². The third kappa shape index (κ3) is 4.67. The van der Waals surface area contributed by atoms with Crippen molar-refractivity contribution in [1.82, 2.24) is 0 Å². The molecule has 0 aliphatic heterocycles. The molecule has 1 atom stereocenters. The van der Waals surface area contributed by atoms with E-state index in [1.165, 1.54) is 0 Å². The first-order chi connectivity index (χ1) is 9.24. The Morgan fingerprint density at radius 2 is 1.89 bits per heavy atom. The fraction of sp³-hybridized carbons (Fsp3) is 0.562. The average Bonchev–Trinajstić information content (AvgIpc) is 2.41. The van der Waals surface area contributed by atoms with Gasteiger partial charge in [-0.15, -0.1) is 0 Å². The lowest BCUT2D eigenvalue weighted by molar-refractivity contribution is -0.131. The number of benzene rings is 1. The van der Waals surface area contributed by atoms with Crippen molar-refractivity contribution in [1.29, 1.82) is 0 Å². The Balaban J connectivity index is 2.98. The molecule has 0 bridgehead atoms. The van der Waals surface area contributed by atoms with Crippen LogP contribution in [0.4, 0.5) is 0 Å². The van der Waals surface area contributed by atoms with Gasteiger partial charge < -0.3 is 9.47 Å². The highest BCUT2D eigenvalue weighted by molar-refractivity contribution is 5.85. The maximum atomic E-state index is 12.2. The molecule has 0 aromatic heterocycles. The van der Waals surface area contributed by atoms with Crippen LogP contribution in [0.5, 0.6) is 5.75 Å². The standard InChI is InChI=1S/C16H24O3/c1-4-9-14(17)16(19-12-5-2)13-10-7-8-11-15(13)18-6-3/h7-8,10-11,16H,4-6,9,12H2,1-3H3. The minimum atomic E-state index is -0.498. The Labute approximate surface area is 115 Å². The van der Waals surface area contributed by atoms with Gasteiger partial charge in [0, 0.05) is 18.6 Å². The molecular weight excluding hydrogens is 240 g/mol. The number of rotatable bonds is 9. The molecule has 106 valence electrons. The van der Waals surface area contributed by atoms with Crippen molar-refractivity contribution in [3.05, 3.63) is 29.8 Å². The largest absolute Gasteiger partial charge is 0.493 e. The van der Waals surface area contributed by atoms with Crippen LogP contribution >= 0.6 is 0 Å². The van der Waals surface area contributed by atoms with Gasteiger partial charge in [-0.05, 0) is 25.8 Å². The van der Waals surface area contributed by atoms with E-state index < -0.39 is 6.10 Å². The van der Waals surface area contributed by atoms with E-state index in [2.05, 4.69) is 0 Å². The van der Waals surface area contributed by atoms with Crippen LogP contribution in [-0.2, 0) is 9.53 Å². The fourth-order valence-electron chi connectivity index (χ4n) is 1.95. The van der Waals surface area contributed by atoms with Crippen LogP contribution < -0.4 is 4.74 Å². The molecule has 0 spiro atoms. The molecule has 0 amide bonds.